The Morgan fingerprint density at radius 3 is 2.73 bits per heavy atom. The van der Waals surface area contributed by atoms with Crippen molar-refractivity contribution in [3.63, 3.8) is 0 Å². The van der Waals surface area contributed by atoms with Gasteiger partial charge in [-0.25, -0.2) is 0 Å². The third-order valence-electron chi connectivity index (χ3n) is 1.73. The van der Waals surface area contributed by atoms with Crippen LogP contribution in [0.15, 0.2) is 23.4 Å². The van der Waals surface area contributed by atoms with E-state index in [0.717, 1.165) is 12.2 Å². The number of hydrogen-bond acceptors (Lipinski definition) is 2. The number of allylic oxidation sites excluding steroid dienone is 2. The van der Waals surface area contributed by atoms with Gasteiger partial charge in [-0.2, -0.15) is 0 Å². The Morgan fingerprint density at radius 2 is 2.27 bits per heavy atom. The van der Waals surface area contributed by atoms with Crippen LogP contribution < -0.4 is 0 Å². The summed E-state index contributed by atoms with van der Waals surface area (Å²) in [6.07, 6.45) is 4.64. The lowest BCUT2D eigenvalue weighted by Crippen LogP contribution is -2.18. The zero-order valence-electron chi connectivity index (χ0n) is 6.83. The minimum atomic E-state index is -0.00926. The first-order chi connectivity index (χ1) is 5.29. The van der Waals surface area contributed by atoms with Gasteiger partial charge >= 0.3 is 0 Å². The molecule has 0 aliphatic heterocycles. The molecule has 0 aromatic carbocycles. The van der Waals surface area contributed by atoms with Crippen LogP contribution in [0.25, 0.3) is 0 Å². The van der Waals surface area contributed by atoms with E-state index in [0.29, 0.717) is 5.47 Å². The lowest BCUT2D eigenvalue weighted by atomic mass is 9.88. The van der Waals surface area contributed by atoms with Crippen molar-refractivity contribution in [2.24, 2.45) is 0 Å². The second-order valence-electron chi connectivity index (χ2n) is 2.39. The van der Waals surface area contributed by atoms with Crippen LogP contribution in [0.1, 0.15) is 6.42 Å². The Hall–Kier alpha value is -0.695. The summed E-state index contributed by atoms with van der Waals surface area (Å²) in [5.41, 5.74) is 0.658. The normalized spacial score (nSPS) is 24.0. The van der Waals surface area contributed by atoms with Gasteiger partial charge in [0.2, 0.25) is 0 Å². The molecule has 0 bridgehead atoms. The van der Waals surface area contributed by atoms with Crippen molar-refractivity contribution in [3.8, 4) is 0 Å². The molecule has 0 aromatic heterocycles. The van der Waals surface area contributed by atoms with Crippen LogP contribution in [0.4, 0.5) is 0 Å². The number of ether oxygens (including phenoxy) is 2. The molecule has 0 spiro atoms. The van der Waals surface area contributed by atoms with Crippen LogP contribution in [0.3, 0.4) is 0 Å². The molecule has 11 heavy (non-hydrogen) atoms. The minimum Gasteiger partial charge on any atom is -0.499 e. The quantitative estimate of drug-likeness (QED) is 0.546. The first-order valence-electron chi connectivity index (χ1n) is 3.52. The highest BCUT2D eigenvalue weighted by Crippen LogP contribution is 2.19. The first-order valence-corrected chi connectivity index (χ1v) is 3.52. The summed E-state index contributed by atoms with van der Waals surface area (Å²) >= 11 is 0. The molecule has 0 amide bonds. The summed E-state index contributed by atoms with van der Waals surface area (Å²) in [6, 6.07) is 0. The maximum atomic E-state index is 5.64. The van der Waals surface area contributed by atoms with Gasteiger partial charge in [0.1, 0.15) is 19.7 Å². The molecule has 0 aromatic rings. The summed E-state index contributed by atoms with van der Waals surface area (Å²) < 4.78 is 10.2. The summed E-state index contributed by atoms with van der Waals surface area (Å²) in [4.78, 5) is 0. The lowest BCUT2D eigenvalue weighted by Gasteiger charge is -2.21. The molecular formula is C8H11BO2. The summed E-state index contributed by atoms with van der Waals surface area (Å²) in [5.74, 6) is 0.731. The predicted molar refractivity (Wildman–Crippen MR) is 44.3 cm³/mol. The van der Waals surface area contributed by atoms with Crippen molar-refractivity contribution >= 4 is 7.85 Å². The standard InChI is InChI=1S/C8H11BO2/c1-10-7-5-3-4-6(9)8(7)11-2/h3-4,7H,5H2,1-2H3. The van der Waals surface area contributed by atoms with Gasteiger partial charge in [-0.1, -0.05) is 17.6 Å². The molecule has 0 heterocycles. The molecule has 0 fully saturated rings. The van der Waals surface area contributed by atoms with Crippen LogP contribution in [0.2, 0.25) is 0 Å². The SMILES string of the molecule is [B]C1=C(OC)C(OC)CC=C1. The topological polar surface area (TPSA) is 18.5 Å². The zero-order chi connectivity index (χ0) is 8.27. The van der Waals surface area contributed by atoms with Crippen molar-refractivity contribution in [1.29, 1.82) is 0 Å². The van der Waals surface area contributed by atoms with Gasteiger partial charge < -0.3 is 9.47 Å². The third kappa shape index (κ3) is 1.66. The van der Waals surface area contributed by atoms with Crippen LogP contribution in [0.5, 0.6) is 0 Å². The van der Waals surface area contributed by atoms with Gasteiger partial charge in [-0.3, -0.25) is 0 Å². The van der Waals surface area contributed by atoms with Gasteiger partial charge in [-0.15, -0.1) is 0 Å². The number of rotatable bonds is 2. The smallest absolute Gasteiger partial charge is 0.118 e. The van der Waals surface area contributed by atoms with E-state index in [1.807, 2.05) is 12.2 Å². The predicted octanol–water partition coefficient (Wildman–Crippen LogP) is 0.988. The fourth-order valence-electron chi connectivity index (χ4n) is 1.15. The monoisotopic (exact) mass is 150 g/mol. The van der Waals surface area contributed by atoms with Crippen molar-refractivity contribution in [2.45, 2.75) is 12.5 Å². The molecule has 0 saturated carbocycles. The molecule has 3 heteroatoms. The van der Waals surface area contributed by atoms with Crippen LogP contribution in [0, 0.1) is 0 Å². The fraction of sp³-hybridized carbons (Fsp3) is 0.500. The molecule has 2 radical (unpaired) electrons. The zero-order valence-corrected chi connectivity index (χ0v) is 6.83. The molecule has 1 unspecified atom stereocenters. The highest BCUT2D eigenvalue weighted by atomic mass is 16.5. The van der Waals surface area contributed by atoms with Gasteiger partial charge in [-0.05, 0) is 6.42 Å². The van der Waals surface area contributed by atoms with E-state index in [4.69, 9.17) is 17.3 Å². The highest BCUT2D eigenvalue weighted by molar-refractivity contribution is 6.23. The first kappa shape index (κ1) is 8.40. The molecule has 1 aliphatic carbocycles. The van der Waals surface area contributed by atoms with E-state index in [9.17, 15) is 0 Å². The summed E-state index contributed by atoms with van der Waals surface area (Å²) in [5, 5.41) is 0. The van der Waals surface area contributed by atoms with E-state index in [1.165, 1.54) is 0 Å². The summed E-state index contributed by atoms with van der Waals surface area (Å²) in [6.45, 7) is 0. The molecule has 1 atom stereocenters. The molecule has 1 aliphatic rings. The molecule has 2 nitrogen and oxygen atoms in total. The van der Waals surface area contributed by atoms with Gasteiger partial charge in [0.15, 0.2) is 0 Å². The van der Waals surface area contributed by atoms with Crippen molar-refractivity contribution in [2.75, 3.05) is 14.2 Å². The average Bonchev–Trinajstić information content (AvgIpc) is 2.04. The van der Waals surface area contributed by atoms with Crippen molar-refractivity contribution in [3.05, 3.63) is 23.4 Å². The van der Waals surface area contributed by atoms with E-state index in [2.05, 4.69) is 0 Å². The molecule has 1 rings (SSSR count). The second kappa shape index (κ2) is 3.63. The Balaban J connectivity index is 2.81. The Kier molecular flexibility index (Phi) is 2.77. The van der Waals surface area contributed by atoms with E-state index in [-0.39, 0.29) is 6.10 Å². The van der Waals surface area contributed by atoms with E-state index >= 15 is 0 Å². The number of hydrogen-bond donors (Lipinski definition) is 0. The van der Waals surface area contributed by atoms with E-state index in [1.54, 1.807) is 14.2 Å². The van der Waals surface area contributed by atoms with E-state index < -0.39 is 0 Å². The second-order valence-corrected chi connectivity index (χ2v) is 2.39. The van der Waals surface area contributed by atoms with Gasteiger partial charge in [0.25, 0.3) is 0 Å². The minimum absolute atomic E-state index is 0.00926. The largest absolute Gasteiger partial charge is 0.499 e. The van der Waals surface area contributed by atoms with Crippen LogP contribution >= 0.6 is 0 Å². The number of methoxy groups -OCH3 is 2. The molecular weight excluding hydrogens is 139 g/mol. The Morgan fingerprint density at radius 1 is 1.55 bits per heavy atom. The average molecular weight is 150 g/mol. The summed E-state index contributed by atoms with van der Waals surface area (Å²) in [7, 11) is 8.90. The lowest BCUT2D eigenvalue weighted by molar-refractivity contribution is 0.0788. The van der Waals surface area contributed by atoms with Gasteiger partial charge in [0, 0.05) is 7.11 Å². The highest BCUT2D eigenvalue weighted by Gasteiger charge is 2.17. The molecule has 58 valence electrons. The van der Waals surface area contributed by atoms with Gasteiger partial charge in [0.05, 0.1) is 7.11 Å². The molecule has 0 saturated heterocycles. The Labute approximate surface area is 68.3 Å². The van der Waals surface area contributed by atoms with Crippen molar-refractivity contribution in [1.82, 2.24) is 0 Å². The maximum Gasteiger partial charge on any atom is 0.118 e. The Bertz CT molecular complexity index is 196. The maximum absolute atomic E-state index is 5.64. The third-order valence-corrected chi connectivity index (χ3v) is 1.73. The molecule has 0 N–H and O–H groups in total. The van der Waals surface area contributed by atoms with Crippen LogP contribution in [-0.2, 0) is 9.47 Å². The van der Waals surface area contributed by atoms with Crippen LogP contribution in [-0.4, -0.2) is 28.2 Å². The fourth-order valence-corrected chi connectivity index (χ4v) is 1.15. The van der Waals surface area contributed by atoms with Crippen molar-refractivity contribution < 1.29 is 9.47 Å².